The predicted molar refractivity (Wildman–Crippen MR) is 61.0 cm³/mol. The number of nitrogens with zero attached hydrogens (tertiary/aromatic N) is 2. The molecule has 0 atom stereocenters. The summed E-state index contributed by atoms with van der Waals surface area (Å²) in [5.74, 6) is 0.160. The zero-order chi connectivity index (χ0) is 12.0. The van der Waals surface area contributed by atoms with Crippen molar-refractivity contribution in [2.45, 2.75) is 20.3 Å². The fraction of sp³-hybridized carbons (Fsp3) is 0.727. The molecule has 0 aromatic carbocycles. The van der Waals surface area contributed by atoms with E-state index in [4.69, 9.17) is 4.84 Å². The summed E-state index contributed by atoms with van der Waals surface area (Å²) < 4.78 is 0. The Labute approximate surface area is 92.4 Å². The molecule has 0 aromatic heterocycles. The summed E-state index contributed by atoms with van der Waals surface area (Å²) >= 11 is 0. The molecule has 0 aromatic rings. The average molecular weight is 214 g/mol. The van der Waals surface area contributed by atoms with Crippen molar-refractivity contribution in [3.63, 3.8) is 0 Å². The minimum Gasteiger partial charge on any atom is -0.383 e. The highest BCUT2D eigenvalue weighted by atomic mass is 16.7. The van der Waals surface area contributed by atoms with Crippen LogP contribution in [-0.2, 0) is 9.63 Å². The molecule has 0 rings (SSSR count). The molecule has 0 unspecified atom stereocenters. The summed E-state index contributed by atoms with van der Waals surface area (Å²) in [6, 6.07) is 0. The summed E-state index contributed by atoms with van der Waals surface area (Å²) in [6.45, 7) is 4.15. The van der Waals surface area contributed by atoms with Crippen LogP contribution in [0.3, 0.4) is 0 Å². The van der Waals surface area contributed by atoms with Crippen LogP contribution in [0, 0.1) is 5.92 Å². The highest BCUT2D eigenvalue weighted by molar-refractivity contribution is 5.88. The molecule has 0 aliphatic heterocycles. The Hall–Kier alpha value is -1.03. The molecule has 0 N–H and O–H groups in total. The molecule has 88 valence electrons. The average Bonchev–Trinajstić information content (AvgIpc) is 1.99. The number of rotatable bonds is 5. The normalized spacial score (nSPS) is 12.1. The largest absolute Gasteiger partial charge is 0.383 e. The van der Waals surface area contributed by atoms with Gasteiger partial charge in [-0.1, -0.05) is 13.8 Å². The first-order chi connectivity index (χ1) is 6.82. The summed E-state index contributed by atoms with van der Waals surface area (Å²) in [5.41, 5.74) is 0.698. The van der Waals surface area contributed by atoms with Crippen LogP contribution in [0.1, 0.15) is 20.3 Å². The van der Waals surface area contributed by atoms with Gasteiger partial charge in [-0.05, 0) is 12.3 Å². The molecular formula is C11H22N2O2. The maximum Gasteiger partial charge on any atom is 0.354 e. The highest BCUT2D eigenvalue weighted by Crippen LogP contribution is 2.13. The lowest BCUT2D eigenvalue weighted by Crippen LogP contribution is -2.21. The van der Waals surface area contributed by atoms with Crippen LogP contribution in [0.4, 0.5) is 0 Å². The maximum atomic E-state index is 11.7. The number of hydrogen-bond donors (Lipinski definition) is 0. The van der Waals surface area contributed by atoms with Crippen LogP contribution in [-0.4, -0.2) is 44.1 Å². The van der Waals surface area contributed by atoms with Crippen molar-refractivity contribution < 1.29 is 9.63 Å². The monoisotopic (exact) mass is 214 g/mol. The van der Waals surface area contributed by atoms with E-state index in [1.54, 1.807) is 14.1 Å². The van der Waals surface area contributed by atoms with E-state index in [2.05, 4.69) is 13.8 Å². The first kappa shape index (κ1) is 14.0. The number of hydroxylamine groups is 2. The van der Waals surface area contributed by atoms with E-state index in [-0.39, 0.29) is 5.97 Å². The Morgan fingerprint density at radius 1 is 1.27 bits per heavy atom. The smallest absolute Gasteiger partial charge is 0.354 e. The molecule has 0 bridgehead atoms. The third kappa shape index (κ3) is 6.96. The van der Waals surface area contributed by atoms with E-state index in [1.165, 1.54) is 5.06 Å². The van der Waals surface area contributed by atoms with Crippen molar-refractivity contribution in [1.29, 1.82) is 0 Å². The van der Waals surface area contributed by atoms with Crippen LogP contribution in [0.25, 0.3) is 0 Å². The fourth-order valence-corrected chi connectivity index (χ4v) is 1.16. The summed E-state index contributed by atoms with van der Waals surface area (Å²) in [4.78, 5) is 18.5. The molecule has 0 amide bonds. The van der Waals surface area contributed by atoms with Gasteiger partial charge in [-0.3, -0.25) is 0 Å². The van der Waals surface area contributed by atoms with E-state index >= 15 is 0 Å². The van der Waals surface area contributed by atoms with E-state index < -0.39 is 0 Å². The molecule has 4 heteroatoms. The fourth-order valence-electron chi connectivity index (χ4n) is 1.16. The van der Waals surface area contributed by atoms with E-state index in [9.17, 15) is 4.79 Å². The minimum absolute atomic E-state index is 0.276. The Morgan fingerprint density at radius 3 is 2.13 bits per heavy atom. The lowest BCUT2D eigenvalue weighted by atomic mass is 10.0. The van der Waals surface area contributed by atoms with Crippen LogP contribution in [0.2, 0.25) is 0 Å². The molecule has 15 heavy (non-hydrogen) atoms. The second-order valence-corrected chi connectivity index (χ2v) is 4.41. The second-order valence-electron chi connectivity index (χ2n) is 4.41. The topological polar surface area (TPSA) is 32.8 Å². The van der Waals surface area contributed by atoms with Crippen molar-refractivity contribution in [3.05, 3.63) is 11.8 Å². The lowest BCUT2D eigenvalue weighted by Gasteiger charge is -2.15. The quantitative estimate of drug-likeness (QED) is 0.513. The van der Waals surface area contributed by atoms with Gasteiger partial charge >= 0.3 is 5.97 Å². The van der Waals surface area contributed by atoms with Gasteiger partial charge in [-0.15, -0.1) is 5.06 Å². The van der Waals surface area contributed by atoms with Crippen molar-refractivity contribution >= 4 is 5.97 Å². The van der Waals surface area contributed by atoms with Gasteiger partial charge in [0.15, 0.2) is 0 Å². The zero-order valence-electron chi connectivity index (χ0n) is 10.6. The number of hydrogen-bond acceptors (Lipinski definition) is 4. The SMILES string of the molecule is CC(C)CC(=CN(C)C)C(=O)ON(C)C. The Kier molecular flexibility index (Phi) is 6.01. The van der Waals surface area contributed by atoms with Crippen molar-refractivity contribution in [1.82, 2.24) is 9.96 Å². The number of carbonyl (C=O) groups is 1. The van der Waals surface area contributed by atoms with Crippen molar-refractivity contribution in [2.75, 3.05) is 28.2 Å². The van der Waals surface area contributed by atoms with E-state index in [0.717, 1.165) is 6.42 Å². The van der Waals surface area contributed by atoms with E-state index in [0.29, 0.717) is 11.5 Å². The first-order valence-electron chi connectivity index (χ1n) is 5.09. The van der Waals surface area contributed by atoms with Gasteiger partial charge in [0.2, 0.25) is 0 Å². The standard InChI is InChI=1S/C11H22N2O2/c1-9(2)7-10(8-12(3)4)11(14)15-13(5)6/h8-9H,7H2,1-6H3. The van der Waals surface area contributed by atoms with Gasteiger partial charge < -0.3 is 9.74 Å². The van der Waals surface area contributed by atoms with Crippen molar-refractivity contribution in [2.24, 2.45) is 5.92 Å². The van der Waals surface area contributed by atoms with Gasteiger partial charge in [0.1, 0.15) is 0 Å². The van der Waals surface area contributed by atoms with Gasteiger partial charge in [-0.2, -0.15) is 0 Å². The number of carbonyl (C=O) groups excluding carboxylic acids is 1. The van der Waals surface area contributed by atoms with Gasteiger partial charge in [0.05, 0.1) is 5.57 Å². The summed E-state index contributed by atoms with van der Waals surface area (Å²) in [7, 11) is 7.17. The van der Waals surface area contributed by atoms with Gasteiger partial charge in [-0.25, -0.2) is 4.79 Å². The molecule has 4 nitrogen and oxygen atoms in total. The van der Waals surface area contributed by atoms with Crippen LogP contribution < -0.4 is 0 Å². The third-order valence-corrected chi connectivity index (χ3v) is 1.57. The third-order valence-electron chi connectivity index (χ3n) is 1.57. The maximum absolute atomic E-state index is 11.7. The van der Waals surface area contributed by atoms with Crippen LogP contribution in [0.5, 0.6) is 0 Å². The molecule has 0 saturated heterocycles. The molecule has 0 aliphatic carbocycles. The second kappa shape index (κ2) is 6.45. The first-order valence-corrected chi connectivity index (χ1v) is 5.09. The molecule has 0 saturated carbocycles. The molecule has 0 heterocycles. The molecule has 0 aliphatic rings. The molecular weight excluding hydrogens is 192 g/mol. The highest BCUT2D eigenvalue weighted by Gasteiger charge is 2.14. The Morgan fingerprint density at radius 2 is 1.80 bits per heavy atom. The van der Waals surface area contributed by atoms with Crippen molar-refractivity contribution in [3.8, 4) is 0 Å². The van der Waals surface area contributed by atoms with Gasteiger partial charge in [0.25, 0.3) is 0 Å². The van der Waals surface area contributed by atoms with Gasteiger partial charge in [0, 0.05) is 34.4 Å². The van der Waals surface area contributed by atoms with E-state index in [1.807, 2.05) is 25.2 Å². The lowest BCUT2D eigenvalue weighted by molar-refractivity contribution is -0.173. The molecule has 0 fully saturated rings. The summed E-state index contributed by atoms with van der Waals surface area (Å²) in [6.07, 6.45) is 2.54. The molecule has 0 spiro atoms. The minimum atomic E-state index is -0.276. The van der Waals surface area contributed by atoms with Crippen LogP contribution in [0.15, 0.2) is 11.8 Å². The Bertz CT molecular complexity index is 233. The Balaban J connectivity index is 4.56. The zero-order valence-corrected chi connectivity index (χ0v) is 10.6. The summed E-state index contributed by atoms with van der Waals surface area (Å²) in [5, 5.41) is 1.41. The molecule has 0 radical (unpaired) electrons. The predicted octanol–water partition coefficient (Wildman–Crippen LogP) is 1.50. The van der Waals surface area contributed by atoms with Crippen LogP contribution >= 0.6 is 0 Å².